The van der Waals surface area contributed by atoms with Crippen LogP contribution in [0.5, 0.6) is 0 Å². The van der Waals surface area contributed by atoms with Crippen LogP contribution in [-0.4, -0.2) is 38.4 Å². The fraction of sp³-hybridized carbons (Fsp3) is 0.0556. The van der Waals surface area contributed by atoms with Gasteiger partial charge >= 0.3 is 5.97 Å². The van der Waals surface area contributed by atoms with Gasteiger partial charge in [-0.1, -0.05) is 0 Å². The third-order valence-corrected chi connectivity index (χ3v) is 4.35. The number of imidazole rings is 1. The van der Waals surface area contributed by atoms with Crippen molar-refractivity contribution in [3.8, 4) is 11.4 Å². The number of anilines is 1. The Morgan fingerprint density at radius 3 is 2.93 bits per heavy atom. The van der Waals surface area contributed by atoms with Crippen LogP contribution in [0.3, 0.4) is 0 Å². The summed E-state index contributed by atoms with van der Waals surface area (Å²) in [6.07, 6.45) is 4.96. The largest absolute Gasteiger partial charge is 0.452 e. The molecule has 4 rings (SSSR count). The Morgan fingerprint density at radius 2 is 2.15 bits per heavy atom. The quantitative estimate of drug-likeness (QED) is 0.516. The van der Waals surface area contributed by atoms with Gasteiger partial charge in [-0.2, -0.15) is 0 Å². The summed E-state index contributed by atoms with van der Waals surface area (Å²) in [5, 5.41) is 4.74. The first-order valence-electron chi connectivity index (χ1n) is 7.96. The fourth-order valence-electron chi connectivity index (χ4n) is 2.43. The van der Waals surface area contributed by atoms with Gasteiger partial charge in [-0.25, -0.2) is 14.8 Å². The van der Waals surface area contributed by atoms with Crippen molar-refractivity contribution in [1.82, 2.24) is 19.9 Å². The highest BCUT2D eigenvalue weighted by Crippen LogP contribution is 2.21. The number of H-pyrrole nitrogens is 1. The van der Waals surface area contributed by atoms with Gasteiger partial charge in [0.15, 0.2) is 11.7 Å². The van der Waals surface area contributed by atoms with E-state index in [4.69, 9.17) is 4.74 Å². The molecule has 0 bridgehead atoms. The number of esters is 1. The predicted octanol–water partition coefficient (Wildman–Crippen LogP) is 2.88. The number of hydrogen-bond acceptors (Lipinski definition) is 7. The van der Waals surface area contributed by atoms with Gasteiger partial charge in [0.25, 0.3) is 5.91 Å². The van der Waals surface area contributed by atoms with Crippen molar-refractivity contribution < 1.29 is 14.3 Å². The number of benzene rings is 1. The summed E-state index contributed by atoms with van der Waals surface area (Å²) in [4.78, 5) is 39.6. The Morgan fingerprint density at radius 1 is 1.22 bits per heavy atom. The summed E-state index contributed by atoms with van der Waals surface area (Å²) in [7, 11) is 0. The normalized spacial score (nSPS) is 10.7. The van der Waals surface area contributed by atoms with Gasteiger partial charge in [0.1, 0.15) is 5.82 Å². The Bertz CT molecular complexity index is 1090. The summed E-state index contributed by atoms with van der Waals surface area (Å²) in [5.74, 6) is -0.380. The predicted molar refractivity (Wildman–Crippen MR) is 100 cm³/mol. The third kappa shape index (κ3) is 3.82. The number of nitrogens with one attached hydrogen (secondary N) is 2. The molecule has 0 spiro atoms. The number of carbonyl (C=O) groups is 2. The van der Waals surface area contributed by atoms with Crippen molar-refractivity contribution in [2.75, 3.05) is 11.9 Å². The average molecular weight is 379 g/mol. The number of ether oxygens (including phenoxy) is 1. The Labute approximate surface area is 157 Å². The van der Waals surface area contributed by atoms with E-state index < -0.39 is 11.9 Å². The minimum atomic E-state index is -0.594. The van der Waals surface area contributed by atoms with E-state index in [0.29, 0.717) is 27.6 Å². The summed E-state index contributed by atoms with van der Waals surface area (Å²) >= 11 is 1.28. The van der Waals surface area contributed by atoms with Gasteiger partial charge in [-0.05, 0) is 30.3 Å². The standard InChI is InChI=1S/C18H13N5O3S/c24-15(23-18-20-6-7-27-18)10-26-17(25)11-3-4-13-14(8-11)22-16(21-13)12-2-1-5-19-9-12/h1-9H,10H2,(H,21,22)(H,20,23,24). The van der Waals surface area contributed by atoms with E-state index in [-0.39, 0.29) is 6.61 Å². The molecule has 0 saturated carbocycles. The minimum Gasteiger partial charge on any atom is -0.452 e. The van der Waals surface area contributed by atoms with E-state index in [1.807, 2.05) is 12.1 Å². The van der Waals surface area contributed by atoms with Crippen molar-refractivity contribution in [3.63, 3.8) is 0 Å². The van der Waals surface area contributed by atoms with Crippen LogP contribution in [0.15, 0.2) is 54.3 Å². The first-order valence-corrected chi connectivity index (χ1v) is 8.83. The topological polar surface area (TPSA) is 110 Å². The number of thiazole rings is 1. The Hall–Kier alpha value is -3.59. The second-order valence-electron chi connectivity index (χ2n) is 5.52. The lowest BCUT2D eigenvalue weighted by atomic mass is 10.2. The lowest BCUT2D eigenvalue weighted by molar-refractivity contribution is -0.119. The molecule has 0 unspecified atom stereocenters. The highest BCUT2D eigenvalue weighted by molar-refractivity contribution is 7.13. The zero-order valence-corrected chi connectivity index (χ0v) is 14.7. The third-order valence-electron chi connectivity index (χ3n) is 3.67. The monoisotopic (exact) mass is 379 g/mol. The van der Waals surface area contributed by atoms with Gasteiger partial charge < -0.3 is 9.72 Å². The maximum atomic E-state index is 12.2. The molecule has 0 radical (unpaired) electrons. The van der Waals surface area contributed by atoms with Crippen LogP contribution in [0.2, 0.25) is 0 Å². The van der Waals surface area contributed by atoms with Crippen molar-refractivity contribution in [2.24, 2.45) is 0 Å². The molecule has 134 valence electrons. The number of pyridine rings is 1. The lowest BCUT2D eigenvalue weighted by Gasteiger charge is -2.04. The van der Waals surface area contributed by atoms with Crippen LogP contribution < -0.4 is 5.32 Å². The second-order valence-corrected chi connectivity index (χ2v) is 6.42. The fourth-order valence-corrected chi connectivity index (χ4v) is 2.98. The highest BCUT2D eigenvalue weighted by atomic mass is 32.1. The van der Waals surface area contributed by atoms with Gasteiger partial charge in [0.05, 0.1) is 16.6 Å². The van der Waals surface area contributed by atoms with E-state index in [1.165, 1.54) is 11.3 Å². The molecule has 0 saturated heterocycles. The maximum Gasteiger partial charge on any atom is 0.338 e. The van der Waals surface area contributed by atoms with Crippen molar-refractivity contribution in [2.45, 2.75) is 0 Å². The molecule has 0 aliphatic carbocycles. The van der Waals surface area contributed by atoms with Crippen molar-refractivity contribution in [3.05, 3.63) is 59.9 Å². The molecule has 9 heteroatoms. The first kappa shape index (κ1) is 16.9. The summed E-state index contributed by atoms with van der Waals surface area (Å²) < 4.78 is 5.06. The van der Waals surface area contributed by atoms with E-state index in [1.54, 1.807) is 42.2 Å². The molecule has 0 fully saturated rings. The first-order chi connectivity index (χ1) is 13.2. The molecule has 2 N–H and O–H groups in total. The number of aromatic amines is 1. The number of aromatic nitrogens is 4. The molecule has 3 aromatic heterocycles. The summed E-state index contributed by atoms with van der Waals surface area (Å²) in [5.41, 5.74) is 2.57. The average Bonchev–Trinajstić information content (AvgIpc) is 3.35. The van der Waals surface area contributed by atoms with Gasteiger partial charge in [0, 0.05) is 29.5 Å². The Balaban J connectivity index is 1.45. The van der Waals surface area contributed by atoms with Crippen LogP contribution in [0.1, 0.15) is 10.4 Å². The van der Waals surface area contributed by atoms with Crippen LogP contribution in [0.25, 0.3) is 22.4 Å². The molecular weight excluding hydrogens is 366 g/mol. The van der Waals surface area contributed by atoms with Crippen LogP contribution in [0.4, 0.5) is 5.13 Å². The van der Waals surface area contributed by atoms with E-state index >= 15 is 0 Å². The molecule has 4 aromatic rings. The molecule has 0 aliphatic rings. The molecule has 0 aliphatic heterocycles. The zero-order valence-electron chi connectivity index (χ0n) is 13.9. The summed E-state index contributed by atoms with van der Waals surface area (Å²) in [6, 6.07) is 8.68. The molecule has 3 heterocycles. The molecule has 1 aromatic carbocycles. The van der Waals surface area contributed by atoms with Crippen LogP contribution in [0, 0.1) is 0 Å². The smallest absolute Gasteiger partial charge is 0.338 e. The highest BCUT2D eigenvalue weighted by Gasteiger charge is 2.13. The molecule has 27 heavy (non-hydrogen) atoms. The number of rotatable bonds is 5. The molecule has 0 atom stereocenters. The SMILES string of the molecule is O=C(COC(=O)c1ccc2nc(-c3cccnc3)[nH]c2c1)Nc1nccs1. The van der Waals surface area contributed by atoms with Gasteiger partial charge in [-0.3, -0.25) is 15.1 Å². The van der Waals surface area contributed by atoms with Gasteiger partial charge in [0.2, 0.25) is 0 Å². The van der Waals surface area contributed by atoms with Crippen LogP contribution >= 0.6 is 11.3 Å². The van der Waals surface area contributed by atoms with E-state index in [2.05, 4.69) is 25.3 Å². The van der Waals surface area contributed by atoms with E-state index in [0.717, 1.165) is 5.56 Å². The zero-order chi connectivity index (χ0) is 18.6. The lowest BCUT2D eigenvalue weighted by Crippen LogP contribution is -2.20. The van der Waals surface area contributed by atoms with Crippen molar-refractivity contribution >= 4 is 39.4 Å². The number of fused-ring (bicyclic) bond motifs is 1. The van der Waals surface area contributed by atoms with E-state index in [9.17, 15) is 9.59 Å². The minimum absolute atomic E-state index is 0.325. The number of amides is 1. The Kier molecular flexibility index (Phi) is 4.58. The molecule has 1 amide bonds. The second kappa shape index (κ2) is 7.34. The van der Waals surface area contributed by atoms with Crippen LogP contribution in [-0.2, 0) is 9.53 Å². The van der Waals surface area contributed by atoms with Gasteiger partial charge in [-0.15, -0.1) is 11.3 Å². The number of carbonyl (C=O) groups excluding carboxylic acids is 2. The number of hydrogen-bond donors (Lipinski definition) is 2. The number of nitrogens with zero attached hydrogens (tertiary/aromatic N) is 3. The molecule has 8 nitrogen and oxygen atoms in total. The maximum absolute atomic E-state index is 12.2. The summed E-state index contributed by atoms with van der Waals surface area (Å²) in [6.45, 7) is -0.389. The van der Waals surface area contributed by atoms with Crippen molar-refractivity contribution in [1.29, 1.82) is 0 Å². The molecular formula is C18H13N5O3S.